The molecule has 3 rings (SSSR count). The van der Waals surface area contributed by atoms with Gasteiger partial charge in [0.2, 0.25) is 5.91 Å². The van der Waals surface area contributed by atoms with E-state index in [4.69, 9.17) is 0 Å². The number of aromatic nitrogens is 2. The number of likely N-dealkylation sites (tertiary alicyclic amines) is 1. The molecule has 23 heavy (non-hydrogen) atoms. The van der Waals surface area contributed by atoms with Crippen LogP contribution in [0.25, 0.3) is 0 Å². The van der Waals surface area contributed by atoms with E-state index < -0.39 is 6.10 Å². The molecule has 2 aliphatic heterocycles. The molecule has 1 atom stereocenters. The van der Waals surface area contributed by atoms with Gasteiger partial charge in [0.25, 0.3) is 0 Å². The van der Waals surface area contributed by atoms with Crippen molar-refractivity contribution in [1.29, 1.82) is 0 Å². The minimum Gasteiger partial charge on any atom is -0.391 e. The summed E-state index contributed by atoms with van der Waals surface area (Å²) in [7, 11) is 1.85. The second-order valence-corrected chi connectivity index (χ2v) is 6.72. The normalized spacial score (nSPS) is 23.9. The second kappa shape index (κ2) is 6.31. The van der Waals surface area contributed by atoms with Gasteiger partial charge in [-0.05, 0) is 24.7 Å². The summed E-state index contributed by atoms with van der Waals surface area (Å²) < 4.78 is 0. The van der Waals surface area contributed by atoms with E-state index in [0.717, 1.165) is 50.5 Å². The Hall–Kier alpha value is -1.89. The van der Waals surface area contributed by atoms with Gasteiger partial charge in [-0.2, -0.15) is 0 Å². The van der Waals surface area contributed by atoms with Crippen LogP contribution in [0.1, 0.15) is 26.2 Å². The number of rotatable bonds is 2. The Bertz CT molecular complexity index is 571. The molecule has 7 heteroatoms. The smallest absolute Gasteiger partial charge is 0.219 e. The maximum absolute atomic E-state index is 11.7. The minimum absolute atomic E-state index is 0.0296. The number of nitrogens with one attached hydrogen (secondary N) is 1. The van der Waals surface area contributed by atoms with Gasteiger partial charge in [0.15, 0.2) is 11.6 Å². The van der Waals surface area contributed by atoms with Crippen molar-refractivity contribution in [2.75, 3.05) is 43.4 Å². The van der Waals surface area contributed by atoms with Gasteiger partial charge >= 0.3 is 0 Å². The van der Waals surface area contributed by atoms with E-state index in [1.165, 1.54) is 0 Å². The number of hydrogen-bond acceptors (Lipinski definition) is 6. The van der Waals surface area contributed by atoms with Gasteiger partial charge in [-0.25, -0.2) is 9.97 Å². The summed E-state index contributed by atoms with van der Waals surface area (Å²) in [6, 6.07) is 0. The van der Waals surface area contributed by atoms with Crippen molar-refractivity contribution >= 4 is 17.5 Å². The van der Waals surface area contributed by atoms with Gasteiger partial charge < -0.3 is 20.2 Å². The molecule has 1 aromatic rings. The zero-order valence-electron chi connectivity index (χ0n) is 13.8. The van der Waals surface area contributed by atoms with Crippen LogP contribution in [0.4, 0.5) is 11.6 Å². The topological polar surface area (TPSA) is 81.6 Å². The number of β-amino-alcohol motifs (C(OH)–C–C–N with tert-alkyl or cyclic N) is 1. The highest BCUT2D eigenvalue weighted by atomic mass is 16.3. The van der Waals surface area contributed by atoms with Crippen LogP contribution in [0.15, 0.2) is 12.4 Å². The van der Waals surface area contributed by atoms with Crippen LogP contribution in [-0.4, -0.2) is 65.2 Å². The summed E-state index contributed by atoms with van der Waals surface area (Å²) in [5.41, 5.74) is 0.0296. The zero-order chi connectivity index (χ0) is 16.4. The molecule has 3 heterocycles. The van der Waals surface area contributed by atoms with Gasteiger partial charge in [0, 0.05) is 52.5 Å². The first-order chi connectivity index (χ1) is 11.0. The lowest BCUT2D eigenvalue weighted by Gasteiger charge is -2.49. The number of anilines is 2. The number of hydrogen-bond donors (Lipinski definition) is 2. The average Bonchev–Trinajstić information content (AvgIpc) is 2.55. The van der Waals surface area contributed by atoms with Crippen molar-refractivity contribution < 1.29 is 9.90 Å². The van der Waals surface area contributed by atoms with Gasteiger partial charge in [-0.15, -0.1) is 0 Å². The summed E-state index contributed by atoms with van der Waals surface area (Å²) in [5.74, 6) is 1.72. The molecular weight excluding hydrogens is 294 g/mol. The van der Waals surface area contributed by atoms with E-state index >= 15 is 0 Å². The Balaban J connectivity index is 1.71. The van der Waals surface area contributed by atoms with Gasteiger partial charge in [0.1, 0.15) is 0 Å². The van der Waals surface area contributed by atoms with Crippen LogP contribution in [0.3, 0.4) is 0 Å². The fourth-order valence-corrected chi connectivity index (χ4v) is 3.89. The highest BCUT2D eigenvalue weighted by Gasteiger charge is 2.42. The van der Waals surface area contributed by atoms with Crippen molar-refractivity contribution in [3.05, 3.63) is 12.4 Å². The fraction of sp³-hybridized carbons (Fsp3) is 0.688. The molecule has 0 aromatic carbocycles. The van der Waals surface area contributed by atoms with Gasteiger partial charge in [-0.1, -0.05) is 0 Å². The summed E-state index contributed by atoms with van der Waals surface area (Å²) in [5, 5.41) is 13.3. The second-order valence-electron chi connectivity index (χ2n) is 6.72. The first-order valence-electron chi connectivity index (χ1n) is 8.20. The van der Waals surface area contributed by atoms with Crippen molar-refractivity contribution in [1.82, 2.24) is 14.9 Å². The van der Waals surface area contributed by atoms with Crippen LogP contribution < -0.4 is 10.2 Å². The molecule has 1 unspecified atom stereocenters. The van der Waals surface area contributed by atoms with E-state index in [-0.39, 0.29) is 11.3 Å². The van der Waals surface area contributed by atoms with Crippen LogP contribution in [-0.2, 0) is 4.79 Å². The van der Waals surface area contributed by atoms with Crippen molar-refractivity contribution in [2.45, 2.75) is 32.3 Å². The fourth-order valence-electron chi connectivity index (χ4n) is 3.89. The summed E-state index contributed by atoms with van der Waals surface area (Å²) in [6.07, 6.45) is 5.67. The van der Waals surface area contributed by atoms with Crippen LogP contribution >= 0.6 is 0 Å². The predicted octanol–water partition coefficient (Wildman–Crippen LogP) is 0.718. The average molecular weight is 319 g/mol. The molecule has 2 N–H and O–H groups in total. The number of amides is 1. The maximum atomic E-state index is 11.7. The summed E-state index contributed by atoms with van der Waals surface area (Å²) in [4.78, 5) is 24.5. The molecule has 2 aliphatic rings. The van der Waals surface area contributed by atoms with Crippen molar-refractivity contribution in [3.63, 3.8) is 0 Å². The van der Waals surface area contributed by atoms with E-state index in [1.54, 1.807) is 24.2 Å². The molecule has 0 aliphatic carbocycles. The molecule has 0 radical (unpaired) electrons. The molecule has 2 fully saturated rings. The monoisotopic (exact) mass is 319 g/mol. The molecule has 1 aromatic heterocycles. The highest BCUT2D eigenvalue weighted by Crippen LogP contribution is 2.41. The Morgan fingerprint density at radius 2 is 2.04 bits per heavy atom. The standard InChI is InChI=1S/C16H25N5O2/c1-12(22)21-10-13(23)9-16(11-21)3-7-20(8-4-16)15-14(17-2)18-5-6-19-15/h5-6,13,23H,3-4,7-11H2,1-2H3,(H,17,18). The Morgan fingerprint density at radius 3 is 2.70 bits per heavy atom. The van der Waals surface area contributed by atoms with E-state index in [1.807, 2.05) is 7.05 Å². The number of aliphatic hydroxyl groups excluding tert-OH is 1. The molecule has 0 saturated carbocycles. The first-order valence-corrected chi connectivity index (χ1v) is 8.20. The lowest BCUT2D eigenvalue weighted by Crippen LogP contribution is -2.55. The molecule has 7 nitrogen and oxygen atoms in total. The van der Waals surface area contributed by atoms with E-state index in [9.17, 15) is 9.90 Å². The molecule has 2 saturated heterocycles. The minimum atomic E-state index is -0.413. The third-order valence-electron chi connectivity index (χ3n) is 5.11. The van der Waals surface area contributed by atoms with Crippen LogP contribution in [0.2, 0.25) is 0 Å². The van der Waals surface area contributed by atoms with Gasteiger partial charge in [0.05, 0.1) is 6.10 Å². The van der Waals surface area contributed by atoms with Crippen molar-refractivity contribution in [3.8, 4) is 0 Å². The first kappa shape index (κ1) is 16.0. The Labute approximate surface area is 136 Å². The third kappa shape index (κ3) is 3.24. The molecular formula is C16H25N5O2. The van der Waals surface area contributed by atoms with Crippen molar-refractivity contribution in [2.24, 2.45) is 5.41 Å². The Kier molecular flexibility index (Phi) is 4.39. The largest absolute Gasteiger partial charge is 0.391 e. The molecule has 1 spiro atoms. The number of carbonyl (C=O) groups is 1. The quantitative estimate of drug-likeness (QED) is 0.836. The predicted molar refractivity (Wildman–Crippen MR) is 88.3 cm³/mol. The Morgan fingerprint density at radius 1 is 1.35 bits per heavy atom. The number of piperidine rings is 2. The summed E-state index contributed by atoms with van der Waals surface area (Å²) in [6.45, 7) is 4.54. The third-order valence-corrected chi connectivity index (χ3v) is 5.11. The SMILES string of the molecule is CNc1nccnc1N1CCC2(CC1)CC(O)CN(C(C)=O)C2. The number of carbonyl (C=O) groups excluding carboxylic acids is 1. The van der Waals surface area contributed by atoms with Gasteiger partial charge in [-0.3, -0.25) is 4.79 Å². The van der Waals surface area contributed by atoms with Crippen LogP contribution in [0.5, 0.6) is 0 Å². The maximum Gasteiger partial charge on any atom is 0.219 e. The molecule has 0 bridgehead atoms. The van der Waals surface area contributed by atoms with E-state index in [2.05, 4.69) is 20.2 Å². The molecule has 1 amide bonds. The van der Waals surface area contributed by atoms with Crippen LogP contribution in [0, 0.1) is 5.41 Å². The highest BCUT2D eigenvalue weighted by molar-refractivity contribution is 5.73. The number of aliphatic hydroxyl groups is 1. The zero-order valence-corrected chi connectivity index (χ0v) is 13.8. The van der Waals surface area contributed by atoms with E-state index in [0.29, 0.717) is 6.54 Å². The summed E-state index contributed by atoms with van der Waals surface area (Å²) >= 11 is 0. The number of nitrogens with zero attached hydrogens (tertiary/aromatic N) is 4. The lowest BCUT2D eigenvalue weighted by molar-refractivity contribution is -0.137. The lowest BCUT2D eigenvalue weighted by atomic mass is 9.71. The molecule has 126 valence electrons.